The van der Waals surface area contributed by atoms with Crippen LogP contribution < -0.4 is 5.32 Å². The zero-order valence-corrected chi connectivity index (χ0v) is 13.6. The lowest BCUT2D eigenvalue weighted by atomic mass is 9.91. The number of hydrogen-bond acceptors (Lipinski definition) is 2. The van der Waals surface area contributed by atoms with Crippen LogP contribution in [-0.2, 0) is 6.42 Å². The average molecular weight is 274 g/mol. The van der Waals surface area contributed by atoms with E-state index in [0.29, 0.717) is 5.54 Å². The molecule has 0 atom stereocenters. The largest absolute Gasteiger partial charge is 0.315 e. The van der Waals surface area contributed by atoms with Crippen molar-refractivity contribution in [3.8, 4) is 0 Å². The fourth-order valence-corrected chi connectivity index (χ4v) is 3.18. The summed E-state index contributed by atoms with van der Waals surface area (Å²) >= 11 is 0. The first-order valence-corrected chi connectivity index (χ1v) is 8.01. The van der Waals surface area contributed by atoms with Crippen molar-refractivity contribution in [3.63, 3.8) is 0 Å². The van der Waals surface area contributed by atoms with Gasteiger partial charge in [-0.3, -0.25) is 4.90 Å². The number of aryl methyl sites for hydroxylation is 3. The smallest absolute Gasteiger partial charge is 0.0156 e. The molecule has 0 saturated carbocycles. The molecule has 0 radical (unpaired) electrons. The Bertz CT molecular complexity index is 429. The molecule has 0 amide bonds. The van der Waals surface area contributed by atoms with Gasteiger partial charge in [0.25, 0.3) is 0 Å². The quantitative estimate of drug-likeness (QED) is 0.906. The summed E-state index contributed by atoms with van der Waals surface area (Å²) in [5.41, 5.74) is 4.61. The van der Waals surface area contributed by atoms with Crippen molar-refractivity contribution in [2.24, 2.45) is 0 Å². The minimum atomic E-state index is 0.295. The van der Waals surface area contributed by atoms with Crippen molar-refractivity contribution in [1.29, 1.82) is 0 Å². The van der Waals surface area contributed by atoms with Crippen LogP contribution in [0.1, 0.15) is 43.4 Å². The zero-order chi connectivity index (χ0) is 14.6. The molecule has 1 heterocycles. The van der Waals surface area contributed by atoms with E-state index in [0.717, 1.165) is 6.54 Å². The van der Waals surface area contributed by atoms with Gasteiger partial charge in [-0.1, -0.05) is 23.8 Å². The minimum Gasteiger partial charge on any atom is -0.315 e. The van der Waals surface area contributed by atoms with Gasteiger partial charge in [-0.15, -0.1) is 0 Å². The number of nitrogens with one attached hydrogen (secondary N) is 1. The van der Waals surface area contributed by atoms with E-state index >= 15 is 0 Å². The maximum absolute atomic E-state index is 3.50. The number of benzene rings is 1. The molecule has 1 aliphatic rings. The van der Waals surface area contributed by atoms with Crippen LogP contribution in [0.2, 0.25) is 0 Å². The summed E-state index contributed by atoms with van der Waals surface area (Å²) in [5.74, 6) is 0. The average Bonchev–Trinajstić information content (AvgIpc) is 2.67. The molecule has 112 valence electrons. The van der Waals surface area contributed by atoms with E-state index < -0.39 is 0 Å². The predicted octanol–water partition coefficient (Wildman–Crippen LogP) is 3.31. The van der Waals surface area contributed by atoms with Crippen LogP contribution in [0.3, 0.4) is 0 Å². The Morgan fingerprint density at radius 2 is 1.95 bits per heavy atom. The highest BCUT2D eigenvalue weighted by molar-refractivity contribution is 5.30. The summed E-state index contributed by atoms with van der Waals surface area (Å²) in [6.45, 7) is 13.9. The summed E-state index contributed by atoms with van der Waals surface area (Å²) in [7, 11) is 0. The number of hydrogen-bond donors (Lipinski definition) is 1. The third-order valence-electron chi connectivity index (χ3n) is 4.70. The highest BCUT2D eigenvalue weighted by Crippen LogP contribution is 2.23. The van der Waals surface area contributed by atoms with Gasteiger partial charge in [0, 0.05) is 18.6 Å². The minimum absolute atomic E-state index is 0.295. The van der Waals surface area contributed by atoms with Gasteiger partial charge in [0.1, 0.15) is 0 Å². The van der Waals surface area contributed by atoms with Gasteiger partial charge in [0.2, 0.25) is 0 Å². The van der Waals surface area contributed by atoms with Crippen LogP contribution in [0.15, 0.2) is 18.2 Å². The molecule has 2 rings (SSSR count). The van der Waals surface area contributed by atoms with E-state index in [1.165, 1.54) is 55.6 Å². The monoisotopic (exact) mass is 274 g/mol. The van der Waals surface area contributed by atoms with Crippen molar-refractivity contribution in [1.82, 2.24) is 10.2 Å². The molecular weight excluding hydrogens is 244 g/mol. The second kappa shape index (κ2) is 6.73. The van der Waals surface area contributed by atoms with Gasteiger partial charge in [-0.2, -0.15) is 0 Å². The van der Waals surface area contributed by atoms with Crippen molar-refractivity contribution in [2.75, 3.05) is 26.2 Å². The maximum Gasteiger partial charge on any atom is 0.0156 e. The van der Waals surface area contributed by atoms with Gasteiger partial charge >= 0.3 is 0 Å². The molecule has 2 heteroatoms. The summed E-state index contributed by atoms with van der Waals surface area (Å²) in [6.07, 6.45) is 3.69. The Morgan fingerprint density at radius 3 is 2.70 bits per heavy atom. The Kier molecular flexibility index (Phi) is 5.22. The second-order valence-electron chi connectivity index (χ2n) is 6.83. The van der Waals surface area contributed by atoms with Gasteiger partial charge in [-0.05, 0) is 71.2 Å². The summed E-state index contributed by atoms with van der Waals surface area (Å²) < 4.78 is 0. The lowest BCUT2D eigenvalue weighted by Gasteiger charge is -2.38. The molecule has 0 aliphatic carbocycles. The van der Waals surface area contributed by atoms with E-state index in [-0.39, 0.29) is 0 Å². The normalized spacial score (nSPS) is 18.0. The topological polar surface area (TPSA) is 15.3 Å². The molecule has 1 aromatic rings. The number of rotatable bonds is 4. The SMILES string of the molecule is Cc1ccc(CCC(C)(C)N2CCCNCC2)c(C)c1. The molecule has 0 spiro atoms. The molecule has 1 saturated heterocycles. The van der Waals surface area contributed by atoms with Gasteiger partial charge < -0.3 is 5.32 Å². The van der Waals surface area contributed by atoms with Crippen LogP contribution in [0, 0.1) is 13.8 Å². The summed E-state index contributed by atoms with van der Waals surface area (Å²) in [4.78, 5) is 2.66. The Hall–Kier alpha value is -0.860. The zero-order valence-electron chi connectivity index (χ0n) is 13.6. The second-order valence-corrected chi connectivity index (χ2v) is 6.83. The Morgan fingerprint density at radius 1 is 1.15 bits per heavy atom. The lowest BCUT2D eigenvalue weighted by molar-refractivity contribution is 0.120. The third kappa shape index (κ3) is 4.07. The van der Waals surface area contributed by atoms with Gasteiger partial charge in [-0.25, -0.2) is 0 Å². The standard InChI is InChI=1S/C18H30N2/c1-15-6-7-17(16(2)14-15)8-9-18(3,4)20-12-5-10-19-11-13-20/h6-7,14,19H,5,8-13H2,1-4H3. The fourth-order valence-electron chi connectivity index (χ4n) is 3.18. The fraction of sp³-hybridized carbons (Fsp3) is 0.667. The van der Waals surface area contributed by atoms with E-state index in [1.807, 2.05) is 0 Å². The van der Waals surface area contributed by atoms with Crippen molar-refractivity contribution < 1.29 is 0 Å². The molecule has 1 aromatic carbocycles. The third-order valence-corrected chi connectivity index (χ3v) is 4.70. The van der Waals surface area contributed by atoms with Crippen molar-refractivity contribution in [2.45, 2.75) is 52.5 Å². The van der Waals surface area contributed by atoms with E-state index in [4.69, 9.17) is 0 Å². The van der Waals surface area contributed by atoms with Crippen LogP contribution in [0.5, 0.6) is 0 Å². The highest BCUT2D eigenvalue weighted by atomic mass is 15.2. The van der Waals surface area contributed by atoms with E-state index in [2.05, 4.69) is 56.1 Å². The predicted molar refractivity (Wildman–Crippen MR) is 87.4 cm³/mol. The molecular formula is C18H30N2. The Balaban J connectivity index is 1.96. The van der Waals surface area contributed by atoms with Crippen LogP contribution in [0.25, 0.3) is 0 Å². The molecule has 0 unspecified atom stereocenters. The molecule has 2 nitrogen and oxygen atoms in total. The molecule has 20 heavy (non-hydrogen) atoms. The summed E-state index contributed by atoms with van der Waals surface area (Å²) in [6, 6.07) is 6.86. The van der Waals surface area contributed by atoms with Crippen LogP contribution >= 0.6 is 0 Å². The summed E-state index contributed by atoms with van der Waals surface area (Å²) in [5, 5.41) is 3.50. The van der Waals surface area contributed by atoms with Crippen molar-refractivity contribution >= 4 is 0 Å². The van der Waals surface area contributed by atoms with E-state index in [9.17, 15) is 0 Å². The first-order valence-electron chi connectivity index (χ1n) is 8.01. The number of nitrogens with zero attached hydrogens (tertiary/aromatic N) is 1. The molecule has 0 bridgehead atoms. The van der Waals surface area contributed by atoms with E-state index in [1.54, 1.807) is 0 Å². The molecule has 0 aromatic heterocycles. The van der Waals surface area contributed by atoms with Crippen molar-refractivity contribution in [3.05, 3.63) is 34.9 Å². The van der Waals surface area contributed by atoms with Crippen LogP contribution in [0.4, 0.5) is 0 Å². The molecule has 1 aliphatic heterocycles. The highest BCUT2D eigenvalue weighted by Gasteiger charge is 2.26. The van der Waals surface area contributed by atoms with Crippen LogP contribution in [-0.4, -0.2) is 36.6 Å². The molecule has 1 fully saturated rings. The first-order chi connectivity index (χ1) is 9.49. The van der Waals surface area contributed by atoms with Gasteiger partial charge in [0.15, 0.2) is 0 Å². The lowest BCUT2D eigenvalue weighted by Crippen LogP contribution is -2.46. The Labute approximate surface area is 124 Å². The first kappa shape index (κ1) is 15.5. The molecule has 1 N–H and O–H groups in total. The maximum atomic E-state index is 3.50. The van der Waals surface area contributed by atoms with Gasteiger partial charge in [0.05, 0.1) is 0 Å².